The fourth-order valence-electron chi connectivity index (χ4n) is 2.46. The van der Waals surface area contributed by atoms with Crippen LogP contribution in [0, 0.1) is 6.92 Å². The number of benzene rings is 1. The van der Waals surface area contributed by atoms with Crippen molar-refractivity contribution in [3.05, 3.63) is 22.7 Å². The Morgan fingerprint density at radius 2 is 2.04 bits per heavy atom. The Hall–Kier alpha value is -1.80. The number of amides is 2. The molecule has 1 aliphatic heterocycles. The Morgan fingerprint density at radius 3 is 2.62 bits per heavy atom. The van der Waals surface area contributed by atoms with Crippen molar-refractivity contribution in [2.45, 2.75) is 25.8 Å². The van der Waals surface area contributed by atoms with Crippen molar-refractivity contribution in [2.24, 2.45) is 0 Å². The van der Waals surface area contributed by atoms with Gasteiger partial charge >= 0.3 is 0 Å². The summed E-state index contributed by atoms with van der Waals surface area (Å²) in [7, 11) is -1.63. The van der Waals surface area contributed by atoms with Crippen LogP contribution in [0.1, 0.15) is 18.4 Å². The van der Waals surface area contributed by atoms with Crippen LogP contribution in [0.25, 0.3) is 0 Å². The third kappa shape index (κ3) is 4.85. The molecule has 0 saturated carbocycles. The van der Waals surface area contributed by atoms with Crippen LogP contribution >= 0.6 is 11.6 Å². The largest absolute Gasteiger partial charge is 0.495 e. The lowest BCUT2D eigenvalue weighted by Crippen LogP contribution is -2.37. The second-order valence-corrected chi connectivity index (χ2v) is 8.33. The predicted molar refractivity (Wildman–Crippen MR) is 91.2 cm³/mol. The third-order valence-corrected chi connectivity index (χ3v) is 5.85. The van der Waals surface area contributed by atoms with Crippen molar-refractivity contribution >= 4 is 38.9 Å². The summed E-state index contributed by atoms with van der Waals surface area (Å²) in [5.74, 6) is -0.662. The molecule has 24 heavy (non-hydrogen) atoms. The molecule has 1 heterocycles. The zero-order valence-electron chi connectivity index (χ0n) is 13.4. The maximum absolute atomic E-state index is 12.0. The molecule has 1 saturated heterocycles. The molecule has 0 bridgehead atoms. The molecule has 0 aromatic heterocycles. The zero-order chi connectivity index (χ0) is 17.9. The van der Waals surface area contributed by atoms with E-state index in [2.05, 4.69) is 10.6 Å². The van der Waals surface area contributed by atoms with Crippen LogP contribution in [0.2, 0.25) is 5.02 Å². The van der Waals surface area contributed by atoms with Gasteiger partial charge in [0.1, 0.15) is 12.2 Å². The molecule has 7 nitrogen and oxygen atoms in total. The maximum atomic E-state index is 12.0. The molecule has 0 spiro atoms. The molecule has 2 N–H and O–H groups in total. The van der Waals surface area contributed by atoms with Crippen LogP contribution in [0.15, 0.2) is 12.1 Å². The number of carbonyl (C=O) groups excluding carboxylic acids is 2. The molecule has 9 heteroatoms. The molecule has 1 aliphatic rings. The number of aryl methyl sites for hydroxylation is 1. The molecule has 0 aliphatic carbocycles. The summed E-state index contributed by atoms with van der Waals surface area (Å²) in [6.45, 7) is 1.78. The number of nitrogens with one attached hydrogen (secondary N) is 2. The lowest BCUT2D eigenvalue weighted by Gasteiger charge is -2.13. The van der Waals surface area contributed by atoms with E-state index < -0.39 is 34.1 Å². The van der Waals surface area contributed by atoms with E-state index in [1.54, 1.807) is 19.1 Å². The maximum Gasteiger partial charge on any atom is 0.233 e. The molecule has 2 rings (SSSR count). The number of methoxy groups -OCH3 is 1. The van der Waals surface area contributed by atoms with Crippen molar-refractivity contribution in [1.29, 1.82) is 0 Å². The molecule has 1 aromatic rings. The van der Waals surface area contributed by atoms with Gasteiger partial charge in [0.25, 0.3) is 0 Å². The summed E-state index contributed by atoms with van der Waals surface area (Å²) in [6.07, 6.45) is -0.0265. The van der Waals surface area contributed by atoms with Crippen molar-refractivity contribution < 1.29 is 22.7 Å². The first-order valence-electron chi connectivity index (χ1n) is 7.34. The minimum atomic E-state index is -3.08. The highest BCUT2D eigenvalue weighted by Gasteiger charge is 2.29. The first kappa shape index (κ1) is 18.5. The molecule has 1 atom stereocenters. The van der Waals surface area contributed by atoms with Gasteiger partial charge in [0.2, 0.25) is 11.8 Å². The van der Waals surface area contributed by atoms with E-state index in [1.165, 1.54) is 7.11 Å². The Morgan fingerprint density at radius 1 is 1.33 bits per heavy atom. The average molecular weight is 375 g/mol. The van der Waals surface area contributed by atoms with Gasteiger partial charge in [-0.25, -0.2) is 8.42 Å². The third-order valence-electron chi connectivity index (χ3n) is 3.67. The Labute approximate surface area is 145 Å². The van der Waals surface area contributed by atoms with Crippen LogP contribution < -0.4 is 15.4 Å². The predicted octanol–water partition coefficient (Wildman–Crippen LogP) is 1.29. The van der Waals surface area contributed by atoms with E-state index in [0.717, 1.165) is 5.56 Å². The van der Waals surface area contributed by atoms with Crippen LogP contribution in [-0.2, 0) is 19.4 Å². The molecule has 0 radical (unpaired) electrons. The monoisotopic (exact) mass is 374 g/mol. The van der Waals surface area contributed by atoms with Gasteiger partial charge in [-0.3, -0.25) is 9.59 Å². The first-order valence-corrected chi connectivity index (χ1v) is 9.54. The fraction of sp³-hybridized carbons (Fsp3) is 0.467. The van der Waals surface area contributed by atoms with Gasteiger partial charge in [-0.05, 0) is 25.0 Å². The van der Waals surface area contributed by atoms with Crippen LogP contribution in [0.5, 0.6) is 5.75 Å². The number of ether oxygens (including phenoxy) is 1. The first-order chi connectivity index (χ1) is 11.2. The van der Waals surface area contributed by atoms with Gasteiger partial charge in [0.15, 0.2) is 9.84 Å². The number of carbonyl (C=O) groups is 2. The second kappa shape index (κ2) is 7.40. The quantitative estimate of drug-likeness (QED) is 0.756. The minimum Gasteiger partial charge on any atom is -0.495 e. The summed E-state index contributed by atoms with van der Waals surface area (Å²) in [6, 6.07) is 2.80. The highest BCUT2D eigenvalue weighted by atomic mass is 35.5. The van der Waals surface area contributed by atoms with Crippen molar-refractivity contribution in [3.63, 3.8) is 0 Å². The number of halogens is 1. The van der Waals surface area contributed by atoms with Crippen LogP contribution in [-0.4, -0.2) is 44.9 Å². The van der Waals surface area contributed by atoms with Gasteiger partial charge in [-0.2, -0.15) is 0 Å². The molecule has 132 valence electrons. The van der Waals surface area contributed by atoms with E-state index in [1.807, 2.05) is 0 Å². The molecule has 1 aromatic carbocycles. The SMILES string of the molecule is COc1cc(Cl)c(C)cc1NC(=O)CC(=O)NC1CCS(=O)(=O)C1. The number of rotatable bonds is 5. The van der Waals surface area contributed by atoms with E-state index >= 15 is 0 Å². The average Bonchev–Trinajstić information content (AvgIpc) is 2.81. The molecule has 2 amide bonds. The summed E-state index contributed by atoms with van der Waals surface area (Å²) >= 11 is 6.00. The molecular formula is C15H19ClN2O5S. The van der Waals surface area contributed by atoms with Crippen molar-refractivity contribution in [2.75, 3.05) is 23.9 Å². The van der Waals surface area contributed by atoms with E-state index in [-0.39, 0.29) is 11.5 Å². The fourth-order valence-corrected chi connectivity index (χ4v) is 4.28. The van der Waals surface area contributed by atoms with Gasteiger partial charge in [0.05, 0.1) is 24.3 Å². The van der Waals surface area contributed by atoms with Gasteiger partial charge in [-0.15, -0.1) is 0 Å². The zero-order valence-corrected chi connectivity index (χ0v) is 15.0. The standard InChI is InChI=1S/C15H19ClN2O5S/c1-9-5-12(13(23-2)6-11(9)16)18-15(20)7-14(19)17-10-3-4-24(21,22)8-10/h5-6,10H,3-4,7-8H2,1-2H3,(H,17,19)(H,18,20). The van der Waals surface area contributed by atoms with E-state index in [4.69, 9.17) is 16.3 Å². The number of hydrogen-bond donors (Lipinski definition) is 2. The highest BCUT2D eigenvalue weighted by Crippen LogP contribution is 2.30. The summed E-state index contributed by atoms with van der Waals surface area (Å²) in [4.78, 5) is 23.9. The summed E-state index contributed by atoms with van der Waals surface area (Å²) in [5.41, 5.74) is 1.18. The molecule has 1 unspecified atom stereocenters. The van der Waals surface area contributed by atoms with Crippen molar-refractivity contribution in [3.8, 4) is 5.75 Å². The van der Waals surface area contributed by atoms with E-state index in [0.29, 0.717) is 22.9 Å². The highest BCUT2D eigenvalue weighted by molar-refractivity contribution is 7.91. The van der Waals surface area contributed by atoms with Gasteiger partial charge in [0, 0.05) is 17.1 Å². The summed E-state index contributed by atoms with van der Waals surface area (Å²) in [5, 5.41) is 5.67. The Bertz CT molecular complexity index is 763. The lowest BCUT2D eigenvalue weighted by atomic mass is 10.2. The smallest absolute Gasteiger partial charge is 0.233 e. The number of sulfone groups is 1. The van der Waals surface area contributed by atoms with Gasteiger partial charge in [-0.1, -0.05) is 11.6 Å². The van der Waals surface area contributed by atoms with E-state index in [9.17, 15) is 18.0 Å². The minimum absolute atomic E-state index is 0.0609. The van der Waals surface area contributed by atoms with Gasteiger partial charge < -0.3 is 15.4 Å². The normalized spacial score (nSPS) is 18.9. The lowest BCUT2D eigenvalue weighted by molar-refractivity contribution is -0.127. The molecular weight excluding hydrogens is 356 g/mol. The van der Waals surface area contributed by atoms with Crippen LogP contribution in [0.3, 0.4) is 0 Å². The Balaban J connectivity index is 1.94. The number of hydrogen-bond acceptors (Lipinski definition) is 5. The second-order valence-electron chi connectivity index (χ2n) is 5.69. The summed E-state index contributed by atoms with van der Waals surface area (Å²) < 4.78 is 27.9. The van der Waals surface area contributed by atoms with Crippen molar-refractivity contribution in [1.82, 2.24) is 5.32 Å². The topological polar surface area (TPSA) is 102 Å². The van der Waals surface area contributed by atoms with Crippen LogP contribution in [0.4, 0.5) is 5.69 Å². The number of anilines is 1. The Kier molecular flexibility index (Phi) is 5.71. The molecule has 1 fully saturated rings.